The van der Waals surface area contributed by atoms with Crippen molar-refractivity contribution in [3.8, 4) is 0 Å². The van der Waals surface area contributed by atoms with Crippen molar-refractivity contribution in [2.45, 2.75) is 31.6 Å². The second-order valence-corrected chi connectivity index (χ2v) is 5.46. The first-order valence-electron chi connectivity index (χ1n) is 6.89. The summed E-state index contributed by atoms with van der Waals surface area (Å²) in [7, 11) is 0. The summed E-state index contributed by atoms with van der Waals surface area (Å²) < 4.78 is 5.72. The van der Waals surface area contributed by atoms with Gasteiger partial charge in [0.1, 0.15) is 0 Å². The Morgan fingerprint density at radius 3 is 2.78 bits per heavy atom. The summed E-state index contributed by atoms with van der Waals surface area (Å²) in [6, 6.07) is 10.5. The van der Waals surface area contributed by atoms with Crippen LogP contribution in [0.4, 0.5) is 0 Å². The molecular weight excluding hydrogens is 226 g/mol. The molecule has 1 aliphatic heterocycles. The Morgan fingerprint density at radius 1 is 1.28 bits per heavy atom. The number of benzene rings is 1. The third kappa shape index (κ3) is 2.91. The maximum atomic E-state index is 10.1. The lowest BCUT2D eigenvalue weighted by Crippen LogP contribution is -2.47. The van der Waals surface area contributed by atoms with Crippen molar-refractivity contribution in [3.05, 3.63) is 35.9 Å². The molecule has 0 amide bonds. The second-order valence-electron chi connectivity index (χ2n) is 5.46. The standard InChI is InChI=1S/C15H21NO2/c17-15(13-6-7-13)14-11-16(8-9-18-14)10-12-4-2-1-3-5-12/h1-5,13-15,17H,6-11H2. The van der Waals surface area contributed by atoms with Crippen molar-refractivity contribution in [2.75, 3.05) is 19.7 Å². The van der Waals surface area contributed by atoms with Crippen molar-refractivity contribution in [2.24, 2.45) is 5.92 Å². The van der Waals surface area contributed by atoms with E-state index < -0.39 is 0 Å². The largest absolute Gasteiger partial charge is 0.390 e. The zero-order valence-electron chi connectivity index (χ0n) is 10.7. The lowest BCUT2D eigenvalue weighted by atomic mass is 10.1. The van der Waals surface area contributed by atoms with E-state index in [0.29, 0.717) is 5.92 Å². The van der Waals surface area contributed by atoms with Crippen LogP contribution in [0.5, 0.6) is 0 Å². The van der Waals surface area contributed by atoms with Gasteiger partial charge in [-0.3, -0.25) is 4.90 Å². The SMILES string of the molecule is OC(C1CC1)C1CN(Cc2ccccc2)CCO1. The molecule has 18 heavy (non-hydrogen) atoms. The van der Waals surface area contributed by atoms with Crippen molar-refractivity contribution in [1.82, 2.24) is 4.90 Å². The van der Waals surface area contributed by atoms with Crippen molar-refractivity contribution < 1.29 is 9.84 Å². The predicted molar refractivity (Wildman–Crippen MR) is 70.2 cm³/mol. The molecule has 3 rings (SSSR count). The van der Waals surface area contributed by atoms with Gasteiger partial charge in [0.2, 0.25) is 0 Å². The Labute approximate surface area is 108 Å². The number of nitrogens with zero attached hydrogens (tertiary/aromatic N) is 1. The first-order valence-corrected chi connectivity index (χ1v) is 6.89. The van der Waals surface area contributed by atoms with Crippen LogP contribution >= 0.6 is 0 Å². The van der Waals surface area contributed by atoms with E-state index in [2.05, 4.69) is 29.2 Å². The molecule has 2 aliphatic rings. The minimum absolute atomic E-state index is 0.00922. The number of aliphatic hydroxyl groups is 1. The van der Waals surface area contributed by atoms with E-state index in [1.54, 1.807) is 0 Å². The van der Waals surface area contributed by atoms with Gasteiger partial charge in [-0.2, -0.15) is 0 Å². The summed E-state index contributed by atoms with van der Waals surface area (Å²) in [5.41, 5.74) is 1.33. The lowest BCUT2D eigenvalue weighted by molar-refractivity contribution is -0.0964. The molecule has 2 fully saturated rings. The Hall–Kier alpha value is -0.900. The Balaban J connectivity index is 1.56. The smallest absolute Gasteiger partial charge is 0.0963 e. The van der Waals surface area contributed by atoms with E-state index in [1.807, 2.05) is 6.07 Å². The van der Waals surface area contributed by atoms with Gasteiger partial charge in [-0.15, -0.1) is 0 Å². The highest BCUT2D eigenvalue weighted by Gasteiger charge is 2.37. The molecule has 0 spiro atoms. The highest BCUT2D eigenvalue weighted by molar-refractivity contribution is 5.14. The highest BCUT2D eigenvalue weighted by atomic mass is 16.5. The van der Waals surface area contributed by atoms with Gasteiger partial charge in [-0.05, 0) is 24.3 Å². The third-order valence-corrected chi connectivity index (χ3v) is 3.91. The Morgan fingerprint density at radius 2 is 2.06 bits per heavy atom. The van der Waals surface area contributed by atoms with E-state index in [1.165, 1.54) is 18.4 Å². The topological polar surface area (TPSA) is 32.7 Å². The van der Waals surface area contributed by atoms with Gasteiger partial charge in [-0.1, -0.05) is 30.3 Å². The van der Waals surface area contributed by atoms with Crippen LogP contribution in [0.1, 0.15) is 18.4 Å². The molecule has 1 saturated heterocycles. The molecule has 0 radical (unpaired) electrons. The second kappa shape index (κ2) is 5.39. The quantitative estimate of drug-likeness (QED) is 0.878. The van der Waals surface area contributed by atoms with Gasteiger partial charge in [0, 0.05) is 19.6 Å². The third-order valence-electron chi connectivity index (χ3n) is 3.91. The Bertz CT molecular complexity index is 377. The maximum absolute atomic E-state index is 10.1. The van der Waals surface area contributed by atoms with Crippen LogP contribution in [0.3, 0.4) is 0 Å². The fraction of sp³-hybridized carbons (Fsp3) is 0.600. The molecule has 0 aromatic heterocycles. The lowest BCUT2D eigenvalue weighted by Gasteiger charge is -2.35. The molecule has 0 bridgehead atoms. The summed E-state index contributed by atoms with van der Waals surface area (Å²) in [5, 5.41) is 10.1. The van der Waals surface area contributed by atoms with E-state index >= 15 is 0 Å². The van der Waals surface area contributed by atoms with Crippen LogP contribution in [0.2, 0.25) is 0 Å². The maximum Gasteiger partial charge on any atom is 0.0963 e. The molecule has 98 valence electrons. The first kappa shape index (κ1) is 12.2. The first-order chi connectivity index (χ1) is 8.83. The van der Waals surface area contributed by atoms with Crippen LogP contribution in [0.25, 0.3) is 0 Å². The number of rotatable bonds is 4. The van der Waals surface area contributed by atoms with Crippen LogP contribution in [0.15, 0.2) is 30.3 Å². The van der Waals surface area contributed by atoms with Crippen molar-refractivity contribution in [1.29, 1.82) is 0 Å². The zero-order chi connectivity index (χ0) is 12.4. The van der Waals surface area contributed by atoms with Crippen LogP contribution < -0.4 is 0 Å². The summed E-state index contributed by atoms with van der Waals surface area (Å²) in [5.74, 6) is 0.492. The van der Waals surface area contributed by atoms with E-state index in [9.17, 15) is 5.11 Å². The number of hydrogen-bond acceptors (Lipinski definition) is 3. The van der Waals surface area contributed by atoms with E-state index in [0.717, 1.165) is 26.2 Å². The van der Waals surface area contributed by atoms with E-state index in [-0.39, 0.29) is 12.2 Å². The Kier molecular flexibility index (Phi) is 3.64. The molecular formula is C15H21NO2. The predicted octanol–water partition coefficient (Wildman–Crippen LogP) is 1.66. The van der Waals surface area contributed by atoms with Crippen molar-refractivity contribution >= 4 is 0 Å². The van der Waals surface area contributed by atoms with E-state index in [4.69, 9.17) is 4.74 Å². The van der Waals surface area contributed by atoms with Gasteiger partial charge in [0.15, 0.2) is 0 Å². The fourth-order valence-corrected chi connectivity index (χ4v) is 2.66. The molecule has 1 aliphatic carbocycles. The fourth-order valence-electron chi connectivity index (χ4n) is 2.66. The minimum Gasteiger partial charge on any atom is -0.390 e. The molecule has 1 aromatic rings. The van der Waals surface area contributed by atoms with Crippen LogP contribution in [-0.4, -0.2) is 41.9 Å². The summed E-state index contributed by atoms with van der Waals surface area (Å²) in [6.45, 7) is 3.51. The normalized spacial score (nSPS) is 27.1. The highest BCUT2D eigenvalue weighted by Crippen LogP contribution is 2.35. The summed E-state index contributed by atoms with van der Waals surface area (Å²) >= 11 is 0. The number of morpholine rings is 1. The van der Waals surface area contributed by atoms with Crippen molar-refractivity contribution in [3.63, 3.8) is 0 Å². The van der Waals surface area contributed by atoms with Gasteiger partial charge >= 0.3 is 0 Å². The van der Waals surface area contributed by atoms with Gasteiger partial charge in [0.25, 0.3) is 0 Å². The monoisotopic (exact) mass is 247 g/mol. The molecule has 3 nitrogen and oxygen atoms in total. The molecule has 1 heterocycles. The van der Waals surface area contributed by atoms with Crippen LogP contribution in [-0.2, 0) is 11.3 Å². The summed E-state index contributed by atoms with van der Waals surface area (Å²) in [6.07, 6.45) is 2.08. The van der Waals surface area contributed by atoms with Gasteiger partial charge in [0.05, 0.1) is 18.8 Å². The van der Waals surface area contributed by atoms with Crippen LogP contribution in [0, 0.1) is 5.92 Å². The number of hydrogen-bond donors (Lipinski definition) is 1. The summed E-state index contributed by atoms with van der Waals surface area (Å²) in [4.78, 5) is 2.38. The number of aliphatic hydroxyl groups excluding tert-OH is 1. The molecule has 2 atom stereocenters. The molecule has 1 aromatic carbocycles. The molecule has 1 saturated carbocycles. The molecule has 2 unspecified atom stereocenters. The molecule has 1 N–H and O–H groups in total. The number of ether oxygens (including phenoxy) is 1. The van der Waals surface area contributed by atoms with Gasteiger partial charge in [-0.25, -0.2) is 0 Å². The zero-order valence-corrected chi connectivity index (χ0v) is 10.7. The molecule has 3 heteroatoms. The average Bonchev–Trinajstić information content (AvgIpc) is 3.24. The average molecular weight is 247 g/mol. The minimum atomic E-state index is -0.261. The van der Waals surface area contributed by atoms with Gasteiger partial charge < -0.3 is 9.84 Å².